The lowest BCUT2D eigenvalue weighted by molar-refractivity contribution is 0.0960. The van der Waals surface area contributed by atoms with Gasteiger partial charge in [0, 0.05) is 18.1 Å². The first-order chi connectivity index (χ1) is 8.45. The van der Waals surface area contributed by atoms with Crippen molar-refractivity contribution >= 4 is 16.8 Å². The number of carbonyl (C=O) groups is 1. The third-order valence-electron chi connectivity index (χ3n) is 3.05. The van der Waals surface area contributed by atoms with Crippen LogP contribution in [0.2, 0.25) is 0 Å². The van der Waals surface area contributed by atoms with Gasteiger partial charge in [0.05, 0.1) is 5.56 Å². The fraction of sp³-hybridized carbons (Fsp3) is 0.286. The molecule has 2 N–H and O–H groups in total. The molecule has 1 amide bonds. The lowest BCUT2D eigenvalue weighted by atomic mass is 9.99. The molecule has 0 saturated carbocycles. The number of phenols is 1. The average molecular weight is 244 g/mol. The number of hydrogen-bond donors (Lipinski definition) is 2. The fourth-order valence-corrected chi connectivity index (χ4v) is 2.30. The molecule has 2 rings (SSSR count). The number of nitrogens with one attached hydrogen (secondary N) is 1. The van der Waals surface area contributed by atoms with Crippen LogP contribution in [0, 0.1) is 20.8 Å². The van der Waals surface area contributed by atoms with Crippen molar-refractivity contribution in [3.8, 4) is 5.75 Å². The third-order valence-corrected chi connectivity index (χ3v) is 3.05. The minimum Gasteiger partial charge on any atom is -0.505 e. The summed E-state index contributed by atoms with van der Waals surface area (Å²) in [4.78, 5) is 16.0. The summed E-state index contributed by atoms with van der Waals surface area (Å²) in [5, 5.41) is 13.6. The minimum atomic E-state index is -0.307. The topological polar surface area (TPSA) is 62.2 Å². The molecule has 0 spiro atoms. The Morgan fingerprint density at radius 3 is 2.44 bits per heavy atom. The molecule has 0 aliphatic rings. The number of benzene rings is 1. The maximum absolute atomic E-state index is 11.7. The first-order valence-corrected chi connectivity index (χ1v) is 5.78. The number of nitrogens with zero attached hydrogens (tertiary/aromatic N) is 1. The van der Waals surface area contributed by atoms with Gasteiger partial charge in [-0.15, -0.1) is 0 Å². The van der Waals surface area contributed by atoms with E-state index in [4.69, 9.17) is 0 Å². The van der Waals surface area contributed by atoms with Crippen LogP contribution in [0.25, 0.3) is 10.9 Å². The number of rotatable bonds is 1. The number of aromatic hydroxyl groups is 1. The Morgan fingerprint density at radius 2 is 1.83 bits per heavy atom. The van der Waals surface area contributed by atoms with E-state index in [0.717, 1.165) is 22.2 Å². The molecule has 18 heavy (non-hydrogen) atoms. The van der Waals surface area contributed by atoms with Gasteiger partial charge in [0.2, 0.25) is 0 Å². The number of amides is 1. The van der Waals surface area contributed by atoms with Gasteiger partial charge in [0.1, 0.15) is 5.52 Å². The van der Waals surface area contributed by atoms with Gasteiger partial charge in [-0.3, -0.25) is 4.79 Å². The molecule has 4 heteroatoms. The molecule has 2 aromatic rings. The van der Waals surface area contributed by atoms with Crippen LogP contribution in [0.5, 0.6) is 5.75 Å². The molecule has 1 aromatic carbocycles. The number of fused-ring (bicyclic) bond motifs is 1. The molecule has 1 heterocycles. The summed E-state index contributed by atoms with van der Waals surface area (Å²) in [6, 6.07) is 3.66. The summed E-state index contributed by atoms with van der Waals surface area (Å²) < 4.78 is 0. The smallest absolute Gasteiger partial charge is 0.254 e. The highest BCUT2D eigenvalue weighted by molar-refractivity contribution is 6.04. The zero-order valence-corrected chi connectivity index (χ0v) is 11.0. The van der Waals surface area contributed by atoms with Crippen molar-refractivity contribution in [2.75, 3.05) is 7.05 Å². The second-order valence-electron chi connectivity index (χ2n) is 4.47. The standard InChI is InChI=1S/C14H16N2O2/c1-7-5-9(3)16-12-11(7)8(2)6-10(13(12)17)14(18)15-4/h5-6,17H,1-4H3,(H,15,18). The van der Waals surface area contributed by atoms with E-state index in [0.29, 0.717) is 5.52 Å². The molecule has 0 aliphatic carbocycles. The maximum atomic E-state index is 11.7. The van der Waals surface area contributed by atoms with E-state index in [1.807, 2.05) is 26.8 Å². The SMILES string of the molecule is CNC(=O)c1cc(C)c2c(C)cc(C)nc2c1O. The number of hydrogen-bond acceptors (Lipinski definition) is 3. The van der Waals surface area contributed by atoms with E-state index >= 15 is 0 Å². The maximum Gasteiger partial charge on any atom is 0.254 e. The second kappa shape index (κ2) is 4.29. The Hall–Kier alpha value is -2.10. The molecule has 0 atom stereocenters. The van der Waals surface area contributed by atoms with Crippen LogP contribution < -0.4 is 5.32 Å². The van der Waals surface area contributed by atoms with Crippen LogP contribution >= 0.6 is 0 Å². The van der Waals surface area contributed by atoms with Gasteiger partial charge in [-0.25, -0.2) is 4.98 Å². The minimum absolute atomic E-state index is 0.0539. The number of carbonyl (C=O) groups excluding carboxylic acids is 1. The van der Waals surface area contributed by atoms with Crippen molar-refractivity contribution in [1.29, 1.82) is 0 Å². The number of aromatic nitrogens is 1. The van der Waals surface area contributed by atoms with Crippen molar-refractivity contribution in [3.63, 3.8) is 0 Å². The van der Waals surface area contributed by atoms with Crippen LogP contribution in [0.4, 0.5) is 0 Å². The Kier molecular flexibility index (Phi) is 2.95. The molecule has 4 nitrogen and oxygen atoms in total. The molecule has 0 radical (unpaired) electrons. The van der Waals surface area contributed by atoms with Crippen molar-refractivity contribution in [3.05, 3.63) is 34.5 Å². The van der Waals surface area contributed by atoms with Gasteiger partial charge in [-0.05, 0) is 44.0 Å². The van der Waals surface area contributed by atoms with Gasteiger partial charge < -0.3 is 10.4 Å². The molecule has 0 aliphatic heterocycles. The molecular formula is C14H16N2O2. The van der Waals surface area contributed by atoms with E-state index in [2.05, 4.69) is 10.3 Å². The number of aryl methyl sites for hydroxylation is 3. The van der Waals surface area contributed by atoms with Crippen molar-refractivity contribution in [2.45, 2.75) is 20.8 Å². The van der Waals surface area contributed by atoms with Crippen LogP contribution in [0.3, 0.4) is 0 Å². The van der Waals surface area contributed by atoms with Gasteiger partial charge in [0.15, 0.2) is 5.75 Å². The zero-order chi connectivity index (χ0) is 13.4. The monoisotopic (exact) mass is 244 g/mol. The summed E-state index contributed by atoms with van der Waals surface area (Å²) in [5.74, 6) is -0.361. The molecular weight excluding hydrogens is 228 g/mol. The molecule has 94 valence electrons. The van der Waals surface area contributed by atoms with Crippen molar-refractivity contribution < 1.29 is 9.90 Å². The summed E-state index contributed by atoms with van der Waals surface area (Å²) in [5.41, 5.74) is 3.56. The lowest BCUT2D eigenvalue weighted by Crippen LogP contribution is -2.18. The molecule has 1 aromatic heterocycles. The first-order valence-electron chi connectivity index (χ1n) is 5.78. The predicted octanol–water partition coefficient (Wildman–Crippen LogP) is 2.23. The van der Waals surface area contributed by atoms with E-state index < -0.39 is 0 Å². The van der Waals surface area contributed by atoms with Gasteiger partial charge in [-0.1, -0.05) is 0 Å². The van der Waals surface area contributed by atoms with E-state index in [-0.39, 0.29) is 17.2 Å². The molecule has 0 saturated heterocycles. The van der Waals surface area contributed by atoms with E-state index in [1.165, 1.54) is 7.05 Å². The van der Waals surface area contributed by atoms with Gasteiger partial charge in [-0.2, -0.15) is 0 Å². The highest BCUT2D eigenvalue weighted by Crippen LogP contribution is 2.32. The normalized spacial score (nSPS) is 10.7. The van der Waals surface area contributed by atoms with Crippen LogP contribution in [-0.4, -0.2) is 23.0 Å². The molecule has 0 unspecified atom stereocenters. The summed E-state index contributed by atoms with van der Waals surface area (Å²) >= 11 is 0. The van der Waals surface area contributed by atoms with Crippen molar-refractivity contribution in [2.24, 2.45) is 0 Å². The van der Waals surface area contributed by atoms with Crippen LogP contribution in [0.15, 0.2) is 12.1 Å². The highest BCUT2D eigenvalue weighted by atomic mass is 16.3. The van der Waals surface area contributed by atoms with Gasteiger partial charge in [0.25, 0.3) is 5.91 Å². The van der Waals surface area contributed by atoms with Crippen LogP contribution in [0.1, 0.15) is 27.2 Å². The highest BCUT2D eigenvalue weighted by Gasteiger charge is 2.17. The molecule has 0 fully saturated rings. The average Bonchev–Trinajstić information content (AvgIpc) is 2.31. The quantitative estimate of drug-likeness (QED) is 0.808. The molecule has 0 bridgehead atoms. The number of phenolic OH excluding ortho intramolecular Hbond substituents is 1. The first kappa shape index (κ1) is 12.4. The summed E-state index contributed by atoms with van der Waals surface area (Å²) in [6.07, 6.45) is 0. The Morgan fingerprint density at radius 1 is 1.22 bits per heavy atom. The Balaban J connectivity index is 2.90. The number of pyridine rings is 1. The van der Waals surface area contributed by atoms with E-state index in [1.54, 1.807) is 6.07 Å². The van der Waals surface area contributed by atoms with Crippen molar-refractivity contribution in [1.82, 2.24) is 10.3 Å². The lowest BCUT2D eigenvalue weighted by Gasteiger charge is -2.12. The third kappa shape index (κ3) is 1.79. The Labute approximate surface area is 106 Å². The van der Waals surface area contributed by atoms with Gasteiger partial charge >= 0.3 is 0 Å². The summed E-state index contributed by atoms with van der Waals surface area (Å²) in [6.45, 7) is 5.76. The predicted molar refractivity (Wildman–Crippen MR) is 71.0 cm³/mol. The largest absolute Gasteiger partial charge is 0.505 e. The zero-order valence-electron chi connectivity index (χ0n) is 11.0. The Bertz CT molecular complexity index is 648. The van der Waals surface area contributed by atoms with Crippen LogP contribution in [-0.2, 0) is 0 Å². The summed E-state index contributed by atoms with van der Waals surface area (Å²) in [7, 11) is 1.54. The van der Waals surface area contributed by atoms with E-state index in [9.17, 15) is 9.90 Å². The second-order valence-corrected chi connectivity index (χ2v) is 4.47. The fourth-order valence-electron chi connectivity index (χ4n) is 2.30.